The number of hydrogen-bond donors (Lipinski definition) is 1. The Bertz CT molecular complexity index is 678. The topological polar surface area (TPSA) is 68.0 Å². The monoisotopic (exact) mass is 268 g/mol. The predicted molar refractivity (Wildman–Crippen MR) is 75.1 cm³/mol. The van der Waals surface area contributed by atoms with Gasteiger partial charge in [-0.15, -0.1) is 9.73 Å². The number of aromatic nitrogens is 5. The molecule has 0 aliphatic carbocycles. The minimum atomic E-state index is 0.239. The van der Waals surface area contributed by atoms with Crippen LogP contribution in [0.15, 0.2) is 42.5 Å². The first-order valence-electron chi connectivity index (χ1n) is 6.69. The molecule has 0 bridgehead atoms. The average molecular weight is 268 g/mol. The van der Waals surface area contributed by atoms with E-state index in [0.29, 0.717) is 5.65 Å². The van der Waals surface area contributed by atoms with Crippen LogP contribution in [0, 0.1) is 0 Å². The maximum Gasteiger partial charge on any atom is 0.199 e. The third-order valence-electron chi connectivity index (χ3n) is 3.19. The second-order valence-corrected chi connectivity index (χ2v) is 4.58. The van der Waals surface area contributed by atoms with E-state index in [4.69, 9.17) is 0 Å². The van der Waals surface area contributed by atoms with E-state index in [1.165, 1.54) is 10.2 Å². The predicted octanol–water partition coefficient (Wildman–Crippen LogP) is 1.41. The van der Waals surface area contributed by atoms with Gasteiger partial charge < -0.3 is 5.32 Å². The molecule has 3 aromatic rings. The second kappa shape index (κ2) is 5.75. The van der Waals surface area contributed by atoms with Crippen LogP contribution < -0.4 is 5.32 Å². The smallest absolute Gasteiger partial charge is 0.199 e. The number of benzene rings is 1. The highest BCUT2D eigenvalue weighted by molar-refractivity contribution is 5.33. The molecule has 3 rings (SSSR count). The lowest BCUT2D eigenvalue weighted by molar-refractivity contribution is 0.536. The van der Waals surface area contributed by atoms with Gasteiger partial charge in [-0.25, -0.2) is 0 Å². The molecule has 2 aromatic heterocycles. The molecule has 1 unspecified atom stereocenters. The number of rotatable bonds is 5. The van der Waals surface area contributed by atoms with Crippen LogP contribution in [0.3, 0.4) is 0 Å². The molecule has 0 amide bonds. The van der Waals surface area contributed by atoms with E-state index in [1.54, 1.807) is 0 Å². The molecule has 1 atom stereocenters. The first-order valence-corrected chi connectivity index (χ1v) is 6.69. The van der Waals surface area contributed by atoms with Crippen molar-refractivity contribution in [1.82, 2.24) is 30.6 Å². The van der Waals surface area contributed by atoms with Crippen molar-refractivity contribution >= 4 is 5.65 Å². The lowest BCUT2D eigenvalue weighted by Gasteiger charge is -2.17. The van der Waals surface area contributed by atoms with Gasteiger partial charge in [-0.3, -0.25) is 0 Å². The molecule has 0 saturated carbocycles. The standard InChI is InChI=1S/C14H16N6/c1-2-15-13(11-6-4-3-5-7-11)10-12-8-9-14-16-18-19-20(14)17-12/h3-9,13,15H,2,10H2,1H3. The third kappa shape index (κ3) is 2.65. The minimum Gasteiger partial charge on any atom is -0.310 e. The van der Waals surface area contributed by atoms with Crippen molar-refractivity contribution in [3.63, 3.8) is 0 Å². The fraction of sp³-hybridized carbons (Fsp3) is 0.286. The SMILES string of the molecule is CCNC(Cc1ccc2nnnn2n1)c1ccccc1. The summed E-state index contributed by atoms with van der Waals surface area (Å²) in [5.74, 6) is 0. The number of nitrogens with one attached hydrogen (secondary N) is 1. The summed E-state index contributed by atoms with van der Waals surface area (Å²) in [5.41, 5.74) is 2.88. The maximum atomic E-state index is 4.42. The summed E-state index contributed by atoms with van der Waals surface area (Å²) in [4.78, 5) is 0. The fourth-order valence-electron chi connectivity index (χ4n) is 2.24. The Labute approximate surface area is 116 Å². The van der Waals surface area contributed by atoms with Crippen molar-refractivity contribution in [3.05, 3.63) is 53.7 Å². The Hall–Kier alpha value is -2.34. The van der Waals surface area contributed by atoms with E-state index < -0.39 is 0 Å². The Balaban J connectivity index is 1.85. The van der Waals surface area contributed by atoms with Crippen molar-refractivity contribution in [3.8, 4) is 0 Å². The van der Waals surface area contributed by atoms with Gasteiger partial charge in [-0.05, 0) is 34.7 Å². The highest BCUT2D eigenvalue weighted by Gasteiger charge is 2.12. The van der Waals surface area contributed by atoms with E-state index in [0.717, 1.165) is 18.7 Å². The van der Waals surface area contributed by atoms with Crippen LogP contribution in [0.5, 0.6) is 0 Å². The Morgan fingerprint density at radius 1 is 1.15 bits per heavy atom. The molecule has 0 fully saturated rings. The van der Waals surface area contributed by atoms with Crippen LogP contribution in [0.1, 0.15) is 24.2 Å². The Morgan fingerprint density at radius 2 is 2.00 bits per heavy atom. The number of nitrogens with zero attached hydrogens (tertiary/aromatic N) is 5. The first kappa shape index (κ1) is 12.7. The molecule has 0 radical (unpaired) electrons. The molecule has 0 aliphatic heterocycles. The zero-order valence-electron chi connectivity index (χ0n) is 11.3. The van der Waals surface area contributed by atoms with Crippen molar-refractivity contribution in [1.29, 1.82) is 0 Å². The van der Waals surface area contributed by atoms with E-state index in [2.05, 4.69) is 57.1 Å². The fourth-order valence-corrected chi connectivity index (χ4v) is 2.24. The van der Waals surface area contributed by atoms with Crippen LogP contribution in [-0.2, 0) is 6.42 Å². The summed E-state index contributed by atoms with van der Waals surface area (Å²) in [6.45, 7) is 3.01. The molecule has 0 spiro atoms. The lowest BCUT2D eigenvalue weighted by atomic mass is 10.0. The number of tetrazole rings is 1. The van der Waals surface area contributed by atoms with Crippen LogP contribution in [0.4, 0.5) is 0 Å². The minimum absolute atomic E-state index is 0.239. The molecule has 6 nitrogen and oxygen atoms in total. The zero-order valence-corrected chi connectivity index (χ0v) is 11.3. The quantitative estimate of drug-likeness (QED) is 0.758. The largest absolute Gasteiger partial charge is 0.310 e. The maximum absolute atomic E-state index is 4.42. The summed E-state index contributed by atoms with van der Waals surface area (Å²) < 4.78 is 1.46. The number of hydrogen-bond acceptors (Lipinski definition) is 5. The third-order valence-corrected chi connectivity index (χ3v) is 3.19. The highest BCUT2D eigenvalue weighted by atomic mass is 15.6. The van der Waals surface area contributed by atoms with E-state index >= 15 is 0 Å². The zero-order chi connectivity index (χ0) is 13.8. The molecule has 20 heavy (non-hydrogen) atoms. The van der Waals surface area contributed by atoms with Crippen molar-refractivity contribution < 1.29 is 0 Å². The van der Waals surface area contributed by atoms with E-state index in [-0.39, 0.29) is 6.04 Å². The van der Waals surface area contributed by atoms with Gasteiger partial charge in [0.05, 0.1) is 5.69 Å². The van der Waals surface area contributed by atoms with E-state index in [1.807, 2.05) is 18.2 Å². The molecular weight excluding hydrogens is 252 g/mol. The van der Waals surface area contributed by atoms with Crippen LogP contribution >= 0.6 is 0 Å². The molecule has 1 aromatic carbocycles. The summed E-state index contributed by atoms with van der Waals surface area (Å²) >= 11 is 0. The average Bonchev–Trinajstić information content (AvgIpc) is 2.95. The highest BCUT2D eigenvalue weighted by Crippen LogP contribution is 2.17. The normalized spacial score (nSPS) is 12.7. The molecule has 0 saturated heterocycles. The summed E-state index contributed by atoms with van der Waals surface area (Å²) in [6, 6.07) is 14.5. The molecule has 1 N–H and O–H groups in total. The number of fused-ring (bicyclic) bond motifs is 1. The van der Waals surface area contributed by atoms with Gasteiger partial charge in [0.25, 0.3) is 0 Å². The second-order valence-electron chi connectivity index (χ2n) is 4.58. The van der Waals surface area contributed by atoms with Gasteiger partial charge in [0.15, 0.2) is 5.65 Å². The lowest BCUT2D eigenvalue weighted by Crippen LogP contribution is -2.23. The van der Waals surface area contributed by atoms with Gasteiger partial charge >= 0.3 is 0 Å². The molecule has 102 valence electrons. The summed E-state index contributed by atoms with van der Waals surface area (Å²) in [7, 11) is 0. The van der Waals surface area contributed by atoms with Gasteiger partial charge in [0.2, 0.25) is 0 Å². The number of likely N-dealkylation sites (N-methyl/N-ethyl adjacent to an activating group) is 1. The van der Waals surface area contributed by atoms with Crippen LogP contribution in [0.25, 0.3) is 5.65 Å². The molecule has 6 heteroatoms. The summed E-state index contributed by atoms with van der Waals surface area (Å²) in [5, 5.41) is 19.2. The van der Waals surface area contributed by atoms with Gasteiger partial charge in [-0.2, -0.15) is 5.10 Å². The van der Waals surface area contributed by atoms with Crippen molar-refractivity contribution in [2.45, 2.75) is 19.4 Å². The van der Waals surface area contributed by atoms with Crippen LogP contribution in [-0.4, -0.2) is 31.8 Å². The van der Waals surface area contributed by atoms with Crippen molar-refractivity contribution in [2.75, 3.05) is 6.54 Å². The first-order chi connectivity index (χ1) is 9.86. The molecule has 2 heterocycles. The Kier molecular flexibility index (Phi) is 3.64. The molecule has 0 aliphatic rings. The van der Waals surface area contributed by atoms with Gasteiger partial charge in [0, 0.05) is 12.5 Å². The van der Waals surface area contributed by atoms with Gasteiger partial charge in [-0.1, -0.05) is 37.3 Å². The van der Waals surface area contributed by atoms with E-state index in [9.17, 15) is 0 Å². The Morgan fingerprint density at radius 3 is 2.80 bits per heavy atom. The summed E-state index contributed by atoms with van der Waals surface area (Å²) in [6.07, 6.45) is 0.799. The molecular formula is C14H16N6. The van der Waals surface area contributed by atoms with Crippen molar-refractivity contribution in [2.24, 2.45) is 0 Å². The van der Waals surface area contributed by atoms with Crippen LogP contribution in [0.2, 0.25) is 0 Å². The van der Waals surface area contributed by atoms with Gasteiger partial charge in [0.1, 0.15) is 0 Å².